The van der Waals surface area contributed by atoms with Gasteiger partial charge < -0.3 is 9.79 Å². The average Bonchev–Trinajstić information content (AvgIpc) is 3.20. The number of hydrogen-bond acceptors (Lipinski definition) is 3. The van der Waals surface area contributed by atoms with Gasteiger partial charge in [0.25, 0.3) is 0 Å². The topological polar surface area (TPSA) is 87.4 Å². The molecule has 1 atom stereocenters. The SMILES string of the molecule is O=P(O)(O)[C@@H](NCc1ccccc1)c1cn(-c2ccccc2)nc1-c1ccccc1. The number of nitrogens with zero attached hydrogens (tertiary/aromatic N) is 2. The van der Waals surface area contributed by atoms with E-state index in [1.54, 1.807) is 10.9 Å². The molecule has 152 valence electrons. The second-order valence-corrected chi connectivity index (χ2v) is 8.63. The Balaban J connectivity index is 1.78. The lowest BCUT2D eigenvalue weighted by Gasteiger charge is -2.20. The van der Waals surface area contributed by atoms with Crippen LogP contribution < -0.4 is 5.32 Å². The van der Waals surface area contributed by atoms with E-state index in [9.17, 15) is 14.4 Å². The van der Waals surface area contributed by atoms with Crippen LogP contribution in [0, 0.1) is 0 Å². The number of nitrogens with one attached hydrogen (secondary N) is 1. The summed E-state index contributed by atoms with van der Waals surface area (Å²) >= 11 is 0. The standard InChI is InChI=1S/C23H22N3O3P/c27-30(28,29)23(24-16-18-10-4-1-5-11-18)21-17-26(20-14-8-3-9-15-20)25-22(21)19-12-6-2-7-13-19/h1-15,17,23-24H,16H2,(H2,27,28,29)/t23-/m1/s1. The van der Waals surface area contributed by atoms with Crippen molar-refractivity contribution in [1.29, 1.82) is 0 Å². The van der Waals surface area contributed by atoms with Gasteiger partial charge in [-0.05, 0) is 17.7 Å². The number of para-hydroxylation sites is 1. The molecule has 0 saturated carbocycles. The molecule has 4 rings (SSSR count). The third-order valence-corrected chi connectivity index (χ3v) is 5.92. The maximum atomic E-state index is 12.5. The van der Waals surface area contributed by atoms with Crippen molar-refractivity contribution in [2.45, 2.75) is 12.3 Å². The van der Waals surface area contributed by atoms with Gasteiger partial charge in [0, 0.05) is 23.9 Å². The third-order valence-electron chi connectivity index (χ3n) is 4.78. The highest BCUT2D eigenvalue weighted by molar-refractivity contribution is 7.52. The molecule has 0 aliphatic carbocycles. The number of hydrogen-bond donors (Lipinski definition) is 3. The fourth-order valence-electron chi connectivity index (χ4n) is 3.34. The van der Waals surface area contributed by atoms with Crippen LogP contribution in [0.1, 0.15) is 16.9 Å². The molecule has 0 bridgehead atoms. The Kier molecular flexibility index (Phi) is 5.93. The van der Waals surface area contributed by atoms with Crippen molar-refractivity contribution in [3.63, 3.8) is 0 Å². The quantitative estimate of drug-likeness (QED) is 0.384. The Morgan fingerprint density at radius 3 is 2.03 bits per heavy atom. The molecule has 4 aromatic rings. The minimum atomic E-state index is -4.52. The minimum absolute atomic E-state index is 0.321. The summed E-state index contributed by atoms with van der Waals surface area (Å²) in [5, 5.41) is 7.72. The maximum absolute atomic E-state index is 12.5. The summed E-state index contributed by atoms with van der Waals surface area (Å²) in [5.74, 6) is -1.19. The smallest absolute Gasteiger partial charge is 0.323 e. The molecule has 0 aliphatic rings. The lowest BCUT2D eigenvalue weighted by molar-refractivity contribution is 0.347. The molecular weight excluding hydrogens is 397 g/mol. The first-order valence-electron chi connectivity index (χ1n) is 9.55. The first-order chi connectivity index (χ1) is 14.5. The van der Waals surface area contributed by atoms with Gasteiger partial charge in [-0.1, -0.05) is 78.9 Å². The van der Waals surface area contributed by atoms with E-state index >= 15 is 0 Å². The van der Waals surface area contributed by atoms with Crippen molar-refractivity contribution in [2.75, 3.05) is 0 Å². The molecule has 0 spiro atoms. The molecule has 3 N–H and O–H groups in total. The van der Waals surface area contributed by atoms with Crippen LogP contribution in [0.5, 0.6) is 0 Å². The summed E-state index contributed by atoms with van der Waals surface area (Å²) in [6, 6.07) is 28.4. The summed E-state index contributed by atoms with van der Waals surface area (Å²) in [6.07, 6.45) is 1.69. The Bertz CT molecular complexity index is 1140. The number of aromatic nitrogens is 2. The lowest BCUT2D eigenvalue weighted by Crippen LogP contribution is -2.21. The lowest BCUT2D eigenvalue weighted by atomic mass is 10.1. The summed E-state index contributed by atoms with van der Waals surface area (Å²) in [7, 11) is -4.52. The predicted octanol–water partition coefficient (Wildman–Crippen LogP) is 4.51. The van der Waals surface area contributed by atoms with Crippen molar-refractivity contribution in [3.05, 3.63) is 108 Å². The monoisotopic (exact) mass is 419 g/mol. The van der Waals surface area contributed by atoms with Crippen LogP contribution in [0.4, 0.5) is 0 Å². The second kappa shape index (κ2) is 8.78. The molecule has 0 unspecified atom stereocenters. The molecule has 30 heavy (non-hydrogen) atoms. The van der Waals surface area contributed by atoms with Crippen molar-refractivity contribution in [3.8, 4) is 16.9 Å². The fraction of sp³-hybridized carbons (Fsp3) is 0.0870. The van der Waals surface area contributed by atoms with Crippen LogP contribution in [-0.2, 0) is 11.1 Å². The molecule has 1 aromatic heterocycles. The van der Waals surface area contributed by atoms with Gasteiger partial charge in [0.1, 0.15) is 5.78 Å². The number of benzene rings is 3. The summed E-state index contributed by atoms with van der Waals surface area (Å²) < 4.78 is 14.1. The van der Waals surface area contributed by atoms with Crippen molar-refractivity contribution >= 4 is 7.60 Å². The van der Waals surface area contributed by atoms with Gasteiger partial charge in [0.05, 0.1) is 11.4 Å². The van der Waals surface area contributed by atoms with Crippen LogP contribution >= 0.6 is 7.60 Å². The minimum Gasteiger partial charge on any atom is -0.323 e. The normalized spacial score (nSPS) is 12.6. The zero-order valence-corrected chi connectivity index (χ0v) is 17.1. The van der Waals surface area contributed by atoms with Gasteiger partial charge in [0.15, 0.2) is 0 Å². The van der Waals surface area contributed by atoms with E-state index in [2.05, 4.69) is 10.4 Å². The molecule has 6 nitrogen and oxygen atoms in total. The van der Waals surface area contributed by atoms with Crippen molar-refractivity contribution < 1.29 is 14.4 Å². The highest BCUT2D eigenvalue weighted by Crippen LogP contribution is 2.52. The van der Waals surface area contributed by atoms with Gasteiger partial charge in [-0.25, -0.2) is 4.68 Å². The largest absolute Gasteiger partial charge is 0.346 e. The molecule has 0 aliphatic heterocycles. The first-order valence-corrected chi connectivity index (χ1v) is 11.2. The Hall–Kier alpha value is -3.02. The molecule has 3 aromatic carbocycles. The van der Waals surface area contributed by atoms with E-state index < -0.39 is 13.4 Å². The molecule has 1 heterocycles. The molecule has 7 heteroatoms. The highest BCUT2D eigenvalue weighted by atomic mass is 31.2. The summed E-state index contributed by atoms with van der Waals surface area (Å²) in [6.45, 7) is 0.321. The molecule has 0 saturated heterocycles. The maximum Gasteiger partial charge on any atom is 0.346 e. The van der Waals surface area contributed by atoms with Crippen LogP contribution in [0.2, 0.25) is 0 Å². The van der Waals surface area contributed by atoms with E-state index in [0.717, 1.165) is 16.8 Å². The first kappa shape index (κ1) is 20.3. The summed E-state index contributed by atoms with van der Waals surface area (Å²) in [5.41, 5.74) is 3.53. The van der Waals surface area contributed by atoms with Gasteiger partial charge in [-0.2, -0.15) is 5.10 Å². The Morgan fingerprint density at radius 1 is 0.867 bits per heavy atom. The Labute approximate surface area is 175 Å². The van der Waals surface area contributed by atoms with E-state index in [4.69, 9.17) is 0 Å². The van der Waals surface area contributed by atoms with Crippen molar-refractivity contribution in [1.82, 2.24) is 15.1 Å². The van der Waals surface area contributed by atoms with Crippen LogP contribution in [0.25, 0.3) is 16.9 Å². The average molecular weight is 419 g/mol. The zero-order chi connectivity index (χ0) is 21.0. The van der Waals surface area contributed by atoms with E-state index in [1.165, 1.54) is 0 Å². The van der Waals surface area contributed by atoms with Gasteiger partial charge >= 0.3 is 7.60 Å². The van der Waals surface area contributed by atoms with Crippen LogP contribution in [-0.4, -0.2) is 19.6 Å². The molecule has 0 radical (unpaired) electrons. The fourth-order valence-corrected chi connectivity index (χ4v) is 4.22. The molecule has 0 fully saturated rings. The highest BCUT2D eigenvalue weighted by Gasteiger charge is 2.34. The van der Waals surface area contributed by atoms with E-state index in [0.29, 0.717) is 17.8 Å². The third kappa shape index (κ3) is 4.58. The van der Waals surface area contributed by atoms with Crippen LogP contribution in [0.3, 0.4) is 0 Å². The van der Waals surface area contributed by atoms with Gasteiger partial charge in [0.2, 0.25) is 0 Å². The van der Waals surface area contributed by atoms with Gasteiger partial charge in [-0.15, -0.1) is 0 Å². The van der Waals surface area contributed by atoms with Crippen molar-refractivity contribution in [2.24, 2.45) is 0 Å². The summed E-state index contributed by atoms with van der Waals surface area (Å²) in [4.78, 5) is 20.3. The zero-order valence-electron chi connectivity index (χ0n) is 16.2. The van der Waals surface area contributed by atoms with E-state index in [1.807, 2.05) is 91.0 Å². The second-order valence-electron chi connectivity index (χ2n) is 6.94. The Morgan fingerprint density at radius 2 is 1.43 bits per heavy atom. The van der Waals surface area contributed by atoms with Gasteiger partial charge in [-0.3, -0.25) is 9.88 Å². The number of rotatable bonds is 7. The predicted molar refractivity (Wildman–Crippen MR) is 117 cm³/mol. The van der Waals surface area contributed by atoms with Crippen LogP contribution in [0.15, 0.2) is 97.2 Å². The molecule has 0 amide bonds. The molecular formula is C23H22N3O3P. The van der Waals surface area contributed by atoms with E-state index in [-0.39, 0.29) is 0 Å².